The number of aliphatic imine (C=N–C) groups is 1. The fourth-order valence-corrected chi connectivity index (χ4v) is 4.68. The molecular weight excluding hydrogens is 348 g/mol. The zero-order valence-electron chi connectivity index (χ0n) is 16.7. The van der Waals surface area contributed by atoms with Gasteiger partial charge in [-0.1, -0.05) is 6.92 Å². The number of pyridine rings is 1. The van der Waals surface area contributed by atoms with Crippen molar-refractivity contribution >= 4 is 35.2 Å². The van der Waals surface area contributed by atoms with Gasteiger partial charge in [-0.05, 0) is 57.5 Å². The number of rotatable bonds is 5. The van der Waals surface area contributed by atoms with E-state index in [0.717, 1.165) is 41.2 Å². The minimum atomic E-state index is 0.624. The van der Waals surface area contributed by atoms with Crippen LogP contribution in [-0.2, 0) is 0 Å². The predicted molar refractivity (Wildman–Crippen MR) is 118 cm³/mol. The minimum absolute atomic E-state index is 0.624. The van der Waals surface area contributed by atoms with Gasteiger partial charge in [-0.2, -0.15) is 0 Å². The normalized spacial score (nSPS) is 22.5. The van der Waals surface area contributed by atoms with E-state index in [1.165, 1.54) is 50.7 Å². The largest absolute Gasteiger partial charge is 0.369 e. The second kappa shape index (κ2) is 8.27. The average Bonchev–Trinajstić information content (AvgIpc) is 3.17. The Hall–Kier alpha value is -2.47. The summed E-state index contributed by atoms with van der Waals surface area (Å²) in [4.78, 5) is 16.9. The number of hydrogen-bond acceptors (Lipinski definition) is 5. The number of piperidine rings is 2. The van der Waals surface area contributed by atoms with Crippen LogP contribution in [0.5, 0.6) is 0 Å². The molecule has 2 aliphatic rings. The first-order chi connectivity index (χ1) is 13.7. The molecule has 2 N–H and O–H groups in total. The molecule has 0 saturated carbocycles. The number of H-pyrrole nitrogens is 1. The van der Waals surface area contributed by atoms with Gasteiger partial charge < -0.3 is 15.3 Å². The van der Waals surface area contributed by atoms with Crippen LogP contribution in [0.3, 0.4) is 0 Å². The lowest BCUT2D eigenvalue weighted by Crippen LogP contribution is -2.50. The summed E-state index contributed by atoms with van der Waals surface area (Å²) in [6.45, 7) is 10.5. The first kappa shape index (κ1) is 18.9. The first-order valence-corrected chi connectivity index (χ1v) is 10.3. The van der Waals surface area contributed by atoms with Gasteiger partial charge in [0.25, 0.3) is 0 Å². The van der Waals surface area contributed by atoms with Crippen molar-refractivity contribution in [2.45, 2.75) is 38.6 Å². The maximum atomic E-state index is 7.78. The molecule has 4 heterocycles. The Labute approximate surface area is 166 Å². The Balaban J connectivity index is 1.65. The number of fused-ring (bicyclic) bond motifs is 1. The van der Waals surface area contributed by atoms with Crippen molar-refractivity contribution in [1.29, 1.82) is 5.41 Å². The number of aromatic nitrogens is 2. The van der Waals surface area contributed by atoms with E-state index in [-0.39, 0.29) is 0 Å². The number of allylic oxidation sites excluding steroid dienone is 1. The molecule has 1 unspecified atom stereocenters. The van der Waals surface area contributed by atoms with Crippen LogP contribution >= 0.6 is 0 Å². The van der Waals surface area contributed by atoms with Gasteiger partial charge in [0, 0.05) is 60.8 Å². The molecule has 2 fully saturated rings. The highest BCUT2D eigenvalue weighted by molar-refractivity contribution is 6.15. The third kappa shape index (κ3) is 3.61. The van der Waals surface area contributed by atoms with Gasteiger partial charge in [0.2, 0.25) is 0 Å². The number of anilines is 1. The number of nitrogens with zero attached hydrogens (tertiary/aromatic N) is 4. The van der Waals surface area contributed by atoms with Crippen molar-refractivity contribution in [3.05, 3.63) is 30.2 Å². The van der Waals surface area contributed by atoms with E-state index in [4.69, 9.17) is 5.41 Å². The molecule has 4 rings (SSSR count). The Morgan fingerprint density at radius 1 is 1.32 bits per heavy atom. The molecular formula is C22H30N6. The fourth-order valence-electron chi connectivity index (χ4n) is 4.68. The van der Waals surface area contributed by atoms with E-state index in [2.05, 4.69) is 44.5 Å². The zero-order chi connectivity index (χ0) is 19.5. The monoisotopic (exact) mass is 378 g/mol. The Kier molecular flexibility index (Phi) is 5.57. The SMILES string of the molecule is C=N/C=C(\C=N)c1c[nH]c2nccc(N3CCCC(N4CCC(C)CC4)C3)c12. The van der Waals surface area contributed by atoms with Crippen molar-refractivity contribution in [2.75, 3.05) is 31.1 Å². The summed E-state index contributed by atoms with van der Waals surface area (Å²) in [7, 11) is 0. The first-order valence-electron chi connectivity index (χ1n) is 10.3. The number of likely N-dealkylation sites (tertiary alicyclic amines) is 1. The van der Waals surface area contributed by atoms with Gasteiger partial charge >= 0.3 is 0 Å². The van der Waals surface area contributed by atoms with Crippen molar-refractivity contribution in [1.82, 2.24) is 14.9 Å². The molecule has 2 aliphatic heterocycles. The molecule has 0 spiro atoms. The fraction of sp³-hybridized carbons (Fsp3) is 0.500. The summed E-state index contributed by atoms with van der Waals surface area (Å²) in [5, 5.41) is 8.85. The highest BCUT2D eigenvalue weighted by Gasteiger charge is 2.29. The molecule has 0 amide bonds. The molecule has 2 aromatic rings. The van der Waals surface area contributed by atoms with Crippen molar-refractivity contribution in [3.63, 3.8) is 0 Å². The highest BCUT2D eigenvalue weighted by Crippen LogP contribution is 2.34. The molecule has 0 aromatic carbocycles. The summed E-state index contributed by atoms with van der Waals surface area (Å²) < 4.78 is 0. The molecule has 6 heteroatoms. The van der Waals surface area contributed by atoms with Crippen molar-refractivity contribution < 1.29 is 0 Å². The third-order valence-corrected chi connectivity index (χ3v) is 6.32. The molecule has 0 aliphatic carbocycles. The third-order valence-electron chi connectivity index (χ3n) is 6.32. The Bertz CT molecular complexity index is 874. The quantitative estimate of drug-likeness (QED) is 0.774. The van der Waals surface area contributed by atoms with Crippen molar-refractivity contribution in [2.24, 2.45) is 10.9 Å². The van der Waals surface area contributed by atoms with E-state index in [1.807, 2.05) is 12.4 Å². The molecule has 2 aromatic heterocycles. The van der Waals surface area contributed by atoms with Gasteiger partial charge in [-0.25, -0.2) is 4.98 Å². The van der Waals surface area contributed by atoms with Crippen LogP contribution in [0.25, 0.3) is 16.6 Å². The minimum Gasteiger partial charge on any atom is -0.369 e. The van der Waals surface area contributed by atoms with Crippen LogP contribution in [0.1, 0.15) is 38.2 Å². The van der Waals surface area contributed by atoms with Crippen LogP contribution < -0.4 is 4.90 Å². The van der Waals surface area contributed by atoms with Crippen LogP contribution in [0.4, 0.5) is 5.69 Å². The Morgan fingerprint density at radius 2 is 2.14 bits per heavy atom. The maximum Gasteiger partial charge on any atom is 0.139 e. The molecule has 1 atom stereocenters. The molecule has 6 nitrogen and oxygen atoms in total. The van der Waals surface area contributed by atoms with Crippen LogP contribution in [0, 0.1) is 11.3 Å². The summed E-state index contributed by atoms with van der Waals surface area (Å²) in [5.41, 5.74) is 3.77. The average molecular weight is 379 g/mol. The molecule has 0 radical (unpaired) electrons. The van der Waals surface area contributed by atoms with Crippen LogP contribution in [0.2, 0.25) is 0 Å². The van der Waals surface area contributed by atoms with E-state index in [9.17, 15) is 0 Å². The van der Waals surface area contributed by atoms with Gasteiger partial charge in [0.1, 0.15) is 5.65 Å². The molecule has 148 valence electrons. The summed E-state index contributed by atoms with van der Waals surface area (Å²) in [6, 6.07) is 2.74. The van der Waals surface area contributed by atoms with Crippen LogP contribution in [0.15, 0.2) is 29.7 Å². The van der Waals surface area contributed by atoms with E-state index in [1.54, 1.807) is 6.20 Å². The topological polar surface area (TPSA) is 71.4 Å². The second-order valence-corrected chi connectivity index (χ2v) is 8.13. The number of nitrogens with one attached hydrogen (secondary N) is 2. The van der Waals surface area contributed by atoms with Gasteiger partial charge in [-0.15, -0.1) is 0 Å². The van der Waals surface area contributed by atoms with E-state index < -0.39 is 0 Å². The van der Waals surface area contributed by atoms with E-state index >= 15 is 0 Å². The lowest BCUT2D eigenvalue weighted by atomic mass is 9.95. The molecule has 28 heavy (non-hydrogen) atoms. The second-order valence-electron chi connectivity index (χ2n) is 8.13. The number of hydrogen-bond donors (Lipinski definition) is 2. The van der Waals surface area contributed by atoms with Crippen molar-refractivity contribution in [3.8, 4) is 0 Å². The number of aromatic amines is 1. The molecule has 2 saturated heterocycles. The van der Waals surface area contributed by atoms with Gasteiger partial charge in [0.05, 0.1) is 5.39 Å². The lowest BCUT2D eigenvalue weighted by molar-refractivity contribution is 0.125. The molecule has 0 bridgehead atoms. The lowest BCUT2D eigenvalue weighted by Gasteiger charge is -2.43. The summed E-state index contributed by atoms with van der Waals surface area (Å²) >= 11 is 0. The van der Waals surface area contributed by atoms with E-state index in [0.29, 0.717) is 6.04 Å². The van der Waals surface area contributed by atoms with Crippen LogP contribution in [-0.4, -0.2) is 60.0 Å². The maximum absolute atomic E-state index is 7.78. The summed E-state index contributed by atoms with van der Waals surface area (Å²) in [5.74, 6) is 0.864. The standard InChI is InChI=1S/C22H30N6/c1-16-6-10-27(11-7-16)18-4-3-9-28(15-18)20-5-8-25-22-21(20)19(14-26-22)17(12-23)13-24-2/h5,8,12-14,16,18,23H,2-4,6-7,9-11,15H2,1H3,(H,25,26)/b17-13+,23-12?. The highest BCUT2D eigenvalue weighted by atomic mass is 15.2. The Morgan fingerprint density at radius 3 is 2.89 bits per heavy atom. The summed E-state index contributed by atoms with van der Waals surface area (Å²) in [6.07, 6.45) is 11.9. The predicted octanol–water partition coefficient (Wildman–Crippen LogP) is 3.95. The van der Waals surface area contributed by atoms with Gasteiger partial charge in [-0.3, -0.25) is 9.89 Å². The zero-order valence-corrected chi connectivity index (χ0v) is 16.7. The van der Waals surface area contributed by atoms with Gasteiger partial charge in [0.15, 0.2) is 0 Å². The smallest absolute Gasteiger partial charge is 0.139 e.